The Morgan fingerprint density at radius 3 is 1.47 bits per heavy atom. The summed E-state index contributed by atoms with van der Waals surface area (Å²) >= 11 is 2.46. The average molecular weight is 718 g/mol. The van der Waals surface area contributed by atoms with Gasteiger partial charge in [-0.1, -0.05) is 96.3 Å². The Morgan fingerprint density at radius 2 is 0.824 bits per heavy atom. The molecule has 3 heteroatoms. The molecule has 10 fully saturated rings. The molecule has 2 nitrogen and oxygen atoms in total. The highest BCUT2D eigenvalue weighted by atomic mass is 32.2. The molecule has 0 amide bonds. The van der Waals surface area contributed by atoms with E-state index in [1.165, 1.54) is 148 Å². The minimum absolute atomic E-state index is 0.608. The number of rotatable bonds is 6. The van der Waals surface area contributed by atoms with Gasteiger partial charge in [-0.15, -0.1) is 0 Å². The molecular formula is C48H79NOS. The molecule has 2 heterocycles. The Labute approximate surface area is 319 Å². The minimum Gasteiger partial charge on any atom is -0.374 e. The van der Waals surface area contributed by atoms with Crippen LogP contribution in [0.1, 0.15) is 199 Å². The van der Waals surface area contributed by atoms with Crippen molar-refractivity contribution < 1.29 is 4.74 Å². The van der Waals surface area contributed by atoms with Crippen LogP contribution in [0.25, 0.3) is 0 Å². The first kappa shape index (κ1) is 35.7. The second-order valence-electron chi connectivity index (χ2n) is 21.2. The summed E-state index contributed by atoms with van der Waals surface area (Å²) in [5.74, 6) is 9.73. The lowest BCUT2D eigenvalue weighted by Gasteiger charge is -2.54. The van der Waals surface area contributed by atoms with Crippen LogP contribution in [0.2, 0.25) is 0 Å². The number of ether oxygens (including phenoxy) is 1. The topological polar surface area (TPSA) is 12.5 Å². The molecule has 11 atom stereocenters. The Kier molecular flexibility index (Phi) is 11.2. The number of hydrogen-bond acceptors (Lipinski definition) is 3. The van der Waals surface area contributed by atoms with Gasteiger partial charge in [-0.3, -0.25) is 4.90 Å². The Bertz CT molecular complexity index is 1080. The fourth-order valence-corrected chi connectivity index (χ4v) is 18.9. The van der Waals surface area contributed by atoms with Crippen molar-refractivity contribution in [1.29, 1.82) is 0 Å². The van der Waals surface area contributed by atoms with Gasteiger partial charge >= 0.3 is 0 Å². The lowest BCUT2D eigenvalue weighted by Crippen LogP contribution is -2.57. The molecule has 2 saturated heterocycles. The maximum atomic E-state index is 7.75. The summed E-state index contributed by atoms with van der Waals surface area (Å²) in [5, 5.41) is 1.91. The monoisotopic (exact) mass is 718 g/mol. The molecule has 0 bridgehead atoms. The fourth-order valence-electron chi connectivity index (χ4n) is 16.8. The van der Waals surface area contributed by atoms with Crippen molar-refractivity contribution in [2.45, 2.75) is 240 Å². The molecule has 10 rings (SSSR count). The van der Waals surface area contributed by atoms with Crippen LogP contribution in [0.5, 0.6) is 0 Å². The van der Waals surface area contributed by atoms with Crippen LogP contribution in [0, 0.1) is 59.2 Å². The van der Waals surface area contributed by atoms with Crippen LogP contribution in [0.4, 0.5) is 0 Å². The standard InChI is InChI=1S/C48H79NOS/c1-3-12-32(13-4-1)34-22-26-36(27-23-34)49(37-28-24-35(25-29-37)33-14-5-2-6-15-33)43-20-9-7-16-38(43)39-18-11-19-40-41-30-31-45-46(48(41)50-47(39)40)42-17-8-10-21-44(42)51-45/h32-48H,1-31H2. The van der Waals surface area contributed by atoms with E-state index in [0.717, 1.165) is 87.8 Å². The molecule has 8 aliphatic carbocycles. The molecule has 0 spiro atoms. The number of fused-ring (bicyclic) bond motifs is 7. The van der Waals surface area contributed by atoms with Crippen LogP contribution in [-0.4, -0.2) is 45.7 Å². The van der Waals surface area contributed by atoms with Gasteiger partial charge < -0.3 is 4.74 Å². The highest BCUT2D eigenvalue weighted by molar-refractivity contribution is 8.00. The van der Waals surface area contributed by atoms with E-state index in [0.29, 0.717) is 12.2 Å². The normalized spacial score (nSPS) is 49.9. The summed E-state index contributed by atoms with van der Waals surface area (Å²) in [6.45, 7) is 0. The van der Waals surface area contributed by atoms with Crippen LogP contribution in [0.3, 0.4) is 0 Å². The van der Waals surface area contributed by atoms with Gasteiger partial charge in [0.2, 0.25) is 0 Å². The Balaban J connectivity index is 0.888. The van der Waals surface area contributed by atoms with E-state index in [-0.39, 0.29) is 0 Å². The first-order valence-corrected chi connectivity index (χ1v) is 25.3. The van der Waals surface area contributed by atoms with Crippen molar-refractivity contribution in [3.63, 3.8) is 0 Å². The number of nitrogens with zero attached hydrogens (tertiary/aromatic N) is 1. The summed E-state index contributed by atoms with van der Waals surface area (Å²) in [6.07, 6.45) is 48.6. The Hall–Kier alpha value is 0.270. The van der Waals surface area contributed by atoms with Crippen molar-refractivity contribution in [3.8, 4) is 0 Å². The SMILES string of the molecule is C1CCC(C2CCC(N(C3CCC(C4CCCCC4)CC3)C3CCCCC3C3CCCC4C5CCC6SC7CCCCC7C6C5OC43)CC2)CC1. The molecular weight excluding hydrogens is 639 g/mol. The largest absolute Gasteiger partial charge is 0.374 e. The molecule has 0 N–H and O–H groups in total. The molecule has 0 aromatic heterocycles. The molecule has 11 unspecified atom stereocenters. The maximum absolute atomic E-state index is 7.75. The quantitative estimate of drug-likeness (QED) is 0.271. The van der Waals surface area contributed by atoms with Crippen LogP contribution in [-0.2, 0) is 4.74 Å². The highest BCUT2D eigenvalue weighted by Crippen LogP contribution is 2.62. The first-order valence-electron chi connectivity index (χ1n) is 24.4. The summed E-state index contributed by atoms with van der Waals surface area (Å²) in [5.41, 5.74) is 0. The second-order valence-corrected chi connectivity index (χ2v) is 22.7. The van der Waals surface area contributed by atoms with Crippen LogP contribution < -0.4 is 0 Å². The molecule has 8 saturated carbocycles. The zero-order chi connectivity index (χ0) is 33.7. The third-order valence-electron chi connectivity index (χ3n) is 19.1. The number of thioether (sulfide) groups is 1. The second kappa shape index (κ2) is 16.0. The highest BCUT2D eigenvalue weighted by Gasteiger charge is 2.60. The molecule has 2 aliphatic heterocycles. The summed E-state index contributed by atoms with van der Waals surface area (Å²) in [6, 6.07) is 2.63. The van der Waals surface area contributed by atoms with Crippen LogP contribution in [0.15, 0.2) is 0 Å². The lowest BCUT2D eigenvalue weighted by molar-refractivity contribution is -0.0964. The third-order valence-corrected chi connectivity index (χ3v) is 20.9. The van der Waals surface area contributed by atoms with Gasteiger partial charge in [-0.2, -0.15) is 11.8 Å². The maximum Gasteiger partial charge on any atom is 0.0652 e. The van der Waals surface area contributed by atoms with E-state index in [2.05, 4.69) is 16.7 Å². The fraction of sp³-hybridized carbons (Fsp3) is 1.00. The van der Waals surface area contributed by atoms with Crippen LogP contribution >= 0.6 is 11.8 Å². The first-order chi connectivity index (χ1) is 25.3. The Morgan fingerprint density at radius 1 is 0.333 bits per heavy atom. The van der Waals surface area contributed by atoms with Gasteiger partial charge in [-0.05, 0) is 156 Å². The van der Waals surface area contributed by atoms with Crippen molar-refractivity contribution in [2.24, 2.45) is 59.2 Å². The van der Waals surface area contributed by atoms with E-state index in [4.69, 9.17) is 4.74 Å². The predicted octanol–water partition coefficient (Wildman–Crippen LogP) is 13.0. The third kappa shape index (κ3) is 7.01. The van der Waals surface area contributed by atoms with E-state index in [1.54, 1.807) is 51.4 Å². The molecule has 0 aromatic rings. The van der Waals surface area contributed by atoms with Gasteiger partial charge in [0.15, 0.2) is 0 Å². The average Bonchev–Trinajstić information content (AvgIpc) is 3.78. The molecule has 0 aromatic carbocycles. The van der Waals surface area contributed by atoms with Gasteiger partial charge in [0.1, 0.15) is 0 Å². The molecule has 0 radical (unpaired) electrons. The van der Waals surface area contributed by atoms with Crippen molar-refractivity contribution in [3.05, 3.63) is 0 Å². The summed E-state index contributed by atoms with van der Waals surface area (Å²) < 4.78 is 7.75. The van der Waals surface area contributed by atoms with E-state index < -0.39 is 0 Å². The van der Waals surface area contributed by atoms with Gasteiger partial charge in [0.25, 0.3) is 0 Å². The number of hydrogen-bond donors (Lipinski definition) is 0. The van der Waals surface area contributed by atoms with Crippen molar-refractivity contribution >= 4 is 11.8 Å². The van der Waals surface area contributed by atoms with E-state index >= 15 is 0 Å². The lowest BCUT2D eigenvalue weighted by atomic mass is 9.61. The molecule has 288 valence electrons. The van der Waals surface area contributed by atoms with E-state index in [9.17, 15) is 0 Å². The van der Waals surface area contributed by atoms with Gasteiger partial charge in [0.05, 0.1) is 12.2 Å². The van der Waals surface area contributed by atoms with E-state index in [1.807, 2.05) is 0 Å². The summed E-state index contributed by atoms with van der Waals surface area (Å²) in [4.78, 5) is 3.42. The van der Waals surface area contributed by atoms with Crippen molar-refractivity contribution in [1.82, 2.24) is 4.90 Å². The zero-order valence-corrected chi connectivity index (χ0v) is 33.8. The smallest absolute Gasteiger partial charge is 0.0652 e. The van der Waals surface area contributed by atoms with Gasteiger partial charge in [-0.25, -0.2) is 0 Å². The van der Waals surface area contributed by atoms with Crippen molar-refractivity contribution in [2.75, 3.05) is 0 Å². The zero-order valence-electron chi connectivity index (χ0n) is 33.0. The molecule has 51 heavy (non-hydrogen) atoms. The van der Waals surface area contributed by atoms with Gasteiger partial charge in [0, 0.05) is 34.5 Å². The molecule has 10 aliphatic rings. The summed E-state index contributed by atoms with van der Waals surface area (Å²) in [7, 11) is 0. The minimum atomic E-state index is 0.608. The predicted molar refractivity (Wildman–Crippen MR) is 215 cm³/mol.